The first-order valence-electron chi connectivity index (χ1n) is 7.31. The van der Waals surface area contributed by atoms with Crippen molar-refractivity contribution >= 4 is 31.8 Å². The number of aliphatic hydroxyl groups is 2. The van der Waals surface area contributed by atoms with Crippen molar-refractivity contribution in [3.8, 4) is 0 Å². The third-order valence-electron chi connectivity index (χ3n) is 4.15. The van der Waals surface area contributed by atoms with Crippen molar-refractivity contribution in [1.29, 1.82) is 0 Å². The second-order valence-electron chi connectivity index (χ2n) is 5.59. The molecular formula is C15H21AlN2O4. The number of nitrogens with one attached hydrogen (secondary N) is 1. The number of pyridine rings is 1. The number of carbonyl (C=O) groups excluding carboxylic acids is 1. The van der Waals surface area contributed by atoms with Crippen LogP contribution in [0.1, 0.15) is 25.6 Å². The molecule has 6 nitrogen and oxygen atoms in total. The molecule has 2 heterocycles. The van der Waals surface area contributed by atoms with Gasteiger partial charge in [0.2, 0.25) is 0 Å². The van der Waals surface area contributed by atoms with Crippen molar-refractivity contribution in [2.24, 2.45) is 5.92 Å². The normalized spacial score (nSPS) is 28.9. The Kier molecular flexibility index (Phi) is 5.84. The molecule has 0 bridgehead atoms. The SMILES string of the molecule is [CH2]=[Al][C@H]1C(C(=O)Nc2ccnc(C(O)CO)c2)O[C@@H](C)[C@H]1C. The molecule has 1 amide bonds. The standard InChI is InChI=1S/C14H19N2O4.CH2.Al/c1-8-5-13(20-9(8)2)14(19)16-10-3-4-15-11(6-10)12(18)7-17;;/h3-6,8-9,12-13,17-18H,7H2,1-2H3,(H,15,16,19);1H2;/t8-,9-,12?,13?;;/m0../s1. The summed E-state index contributed by atoms with van der Waals surface area (Å²) in [7, 11) is 0. The van der Waals surface area contributed by atoms with Crippen LogP contribution < -0.4 is 5.32 Å². The van der Waals surface area contributed by atoms with Crippen LogP contribution in [0.25, 0.3) is 0 Å². The van der Waals surface area contributed by atoms with Gasteiger partial charge in [0.1, 0.15) is 0 Å². The fraction of sp³-hybridized carbons (Fsp3) is 0.533. The van der Waals surface area contributed by atoms with Crippen molar-refractivity contribution in [3.63, 3.8) is 0 Å². The Bertz CT molecular complexity index is 554. The van der Waals surface area contributed by atoms with Crippen molar-refractivity contribution in [1.82, 2.24) is 4.98 Å². The zero-order chi connectivity index (χ0) is 16.3. The van der Waals surface area contributed by atoms with Crippen molar-refractivity contribution in [3.05, 3.63) is 24.0 Å². The van der Waals surface area contributed by atoms with Crippen LogP contribution in [0, 0.1) is 5.92 Å². The molecule has 0 saturated carbocycles. The van der Waals surface area contributed by atoms with Crippen molar-refractivity contribution < 1.29 is 19.7 Å². The van der Waals surface area contributed by atoms with E-state index in [1.54, 1.807) is 12.1 Å². The van der Waals surface area contributed by atoms with E-state index in [0.717, 1.165) is 0 Å². The fourth-order valence-corrected chi connectivity index (χ4v) is 3.88. The van der Waals surface area contributed by atoms with Gasteiger partial charge in [-0.3, -0.25) is 0 Å². The minimum atomic E-state index is -1.06. The molecule has 0 aliphatic carbocycles. The Balaban J connectivity index is 2.10. The molecule has 7 heteroatoms. The van der Waals surface area contributed by atoms with Crippen LogP contribution in [0.3, 0.4) is 0 Å². The summed E-state index contributed by atoms with van der Waals surface area (Å²) in [6.07, 6.45) is -0.0259. The van der Waals surface area contributed by atoms with Gasteiger partial charge in [-0.1, -0.05) is 0 Å². The van der Waals surface area contributed by atoms with Crippen LogP contribution in [0.5, 0.6) is 0 Å². The van der Waals surface area contributed by atoms with Gasteiger partial charge < -0.3 is 0 Å². The van der Waals surface area contributed by atoms with E-state index in [-0.39, 0.29) is 31.6 Å². The zero-order valence-electron chi connectivity index (χ0n) is 12.8. The van der Waals surface area contributed by atoms with Gasteiger partial charge in [0, 0.05) is 0 Å². The van der Waals surface area contributed by atoms with E-state index in [9.17, 15) is 9.90 Å². The Labute approximate surface area is 135 Å². The number of ether oxygens (including phenoxy) is 1. The molecule has 2 unspecified atom stereocenters. The number of anilines is 1. The Morgan fingerprint density at radius 3 is 2.95 bits per heavy atom. The van der Waals surface area contributed by atoms with Gasteiger partial charge in [0.25, 0.3) is 0 Å². The topological polar surface area (TPSA) is 91.7 Å². The van der Waals surface area contributed by atoms with Crippen LogP contribution >= 0.6 is 0 Å². The molecule has 1 aromatic rings. The van der Waals surface area contributed by atoms with Crippen LogP contribution in [0.4, 0.5) is 5.69 Å². The molecule has 3 N–H and O–H groups in total. The second-order valence-corrected chi connectivity index (χ2v) is 6.83. The van der Waals surface area contributed by atoms with Gasteiger partial charge in [-0.25, -0.2) is 0 Å². The number of hydrogen-bond acceptors (Lipinski definition) is 5. The molecule has 0 aromatic carbocycles. The first-order chi connectivity index (χ1) is 10.5. The third kappa shape index (κ3) is 3.62. The van der Waals surface area contributed by atoms with E-state index < -0.39 is 18.8 Å². The first-order valence-corrected chi connectivity index (χ1v) is 8.80. The second kappa shape index (κ2) is 7.45. The minimum absolute atomic E-state index is 0.0409. The molecule has 0 radical (unpaired) electrons. The van der Waals surface area contributed by atoms with Gasteiger partial charge in [-0.2, -0.15) is 0 Å². The maximum atomic E-state index is 12.4. The number of nitrogens with zero attached hydrogens (tertiary/aromatic N) is 1. The quantitative estimate of drug-likeness (QED) is 0.683. The van der Waals surface area contributed by atoms with Crippen LogP contribution in [-0.4, -0.2) is 60.1 Å². The van der Waals surface area contributed by atoms with Gasteiger partial charge >= 0.3 is 135 Å². The van der Waals surface area contributed by atoms with Gasteiger partial charge in [0.15, 0.2) is 0 Å². The fourth-order valence-electron chi connectivity index (χ4n) is 2.62. The molecule has 1 aliphatic rings. The maximum absolute atomic E-state index is 12.4. The van der Waals surface area contributed by atoms with E-state index in [0.29, 0.717) is 17.3 Å². The van der Waals surface area contributed by atoms with Crippen molar-refractivity contribution in [2.75, 3.05) is 11.9 Å². The molecule has 1 saturated heterocycles. The molecular weight excluding hydrogens is 299 g/mol. The number of hydrogen-bond donors (Lipinski definition) is 3. The van der Waals surface area contributed by atoms with Crippen molar-refractivity contribution in [2.45, 2.75) is 36.9 Å². The Hall–Kier alpha value is -1.10. The number of rotatable bonds is 5. The number of amides is 1. The number of carbonyl (C=O) groups is 1. The van der Waals surface area contributed by atoms with Gasteiger partial charge in [0.05, 0.1) is 0 Å². The summed E-state index contributed by atoms with van der Waals surface area (Å²) in [4.78, 5) is 16.4. The van der Waals surface area contributed by atoms with E-state index in [2.05, 4.69) is 22.6 Å². The molecule has 2 rings (SSSR count). The van der Waals surface area contributed by atoms with Gasteiger partial charge in [-0.15, -0.1) is 0 Å². The van der Waals surface area contributed by atoms with Crippen LogP contribution in [-0.2, 0) is 9.53 Å². The van der Waals surface area contributed by atoms with E-state index >= 15 is 0 Å². The van der Waals surface area contributed by atoms with Gasteiger partial charge in [-0.05, 0) is 0 Å². The Morgan fingerprint density at radius 1 is 1.59 bits per heavy atom. The van der Waals surface area contributed by atoms with Crippen LogP contribution in [0.2, 0.25) is 4.78 Å². The number of aromatic nitrogens is 1. The molecule has 22 heavy (non-hydrogen) atoms. The zero-order valence-corrected chi connectivity index (χ0v) is 13.9. The summed E-state index contributed by atoms with van der Waals surface area (Å²) in [6, 6.07) is 3.19. The van der Waals surface area contributed by atoms with Crippen LogP contribution in [0.15, 0.2) is 18.3 Å². The first kappa shape index (κ1) is 17.3. The average molecular weight is 320 g/mol. The van der Waals surface area contributed by atoms with E-state index in [1.807, 2.05) is 6.92 Å². The third-order valence-corrected chi connectivity index (χ3v) is 5.65. The monoisotopic (exact) mass is 320 g/mol. The van der Waals surface area contributed by atoms with E-state index in [1.165, 1.54) is 6.20 Å². The Morgan fingerprint density at radius 2 is 2.32 bits per heavy atom. The molecule has 5 atom stereocenters. The summed E-state index contributed by atoms with van der Waals surface area (Å²) >= 11 is -0.115. The summed E-state index contributed by atoms with van der Waals surface area (Å²) in [5.41, 5.74) is 0.838. The molecule has 0 spiro atoms. The summed E-state index contributed by atoms with van der Waals surface area (Å²) in [6.45, 7) is 3.64. The predicted molar refractivity (Wildman–Crippen MR) is 85.0 cm³/mol. The van der Waals surface area contributed by atoms with E-state index in [4.69, 9.17) is 9.84 Å². The summed E-state index contributed by atoms with van der Waals surface area (Å²) in [5.74, 6) is 0.112. The summed E-state index contributed by atoms with van der Waals surface area (Å²) in [5, 5.41) is 25.3. The summed E-state index contributed by atoms with van der Waals surface area (Å²) < 4.78 is 5.94. The molecule has 118 valence electrons. The molecule has 1 aliphatic heterocycles. The predicted octanol–water partition coefficient (Wildman–Crippen LogP) is 0.394. The number of aliphatic hydroxyl groups excluding tert-OH is 2. The molecule has 1 fully saturated rings. The molecule has 1 aromatic heterocycles. The average Bonchev–Trinajstić information content (AvgIpc) is 2.81.